The number of nitrogens with one attached hydrogen (secondary N) is 1. The van der Waals surface area contributed by atoms with Crippen molar-refractivity contribution in [2.24, 2.45) is 0 Å². The molecule has 2 rings (SSSR count). The Morgan fingerprint density at radius 1 is 1.58 bits per heavy atom. The summed E-state index contributed by atoms with van der Waals surface area (Å²) in [5.74, 6) is 1.59. The van der Waals surface area contributed by atoms with Gasteiger partial charge in [0.1, 0.15) is 18.1 Å². The SMILES string of the molecule is Cl.OCc1ccc([C@@H]2CCN2)o1. The smallest absolute Gasteiger partial charge is 0.129 e. The molecule has 3 nitrogen and oxygen atoms in total. The minimum Gasteiger partial charge on any atom is -0.462 e. The van der Waals surface area contributed by atoms with Gasteiger partial charge in [0.25, 0.3) is 0 Å². The van der Waals surface area contributed by atoms with E-state index in [9.17, 15) is 0 Å². The van der Waals surface area contributed by atoms with E-state index in [1.807, 2.05) is 12.1 Å². The Labute approximate surface area is 77.2 Å². The van der Waals surface area contributed by atoms with Crippen molar-refractivity contribution in [2.45, 2.75) is 19.1 Å². The van der Waals surface area contributed by atoms with Crippen molar-refractivity contribution in [1.82, 2.24) is 5.32 Å². The van der Waals surface area contributed by atoms with Gasteiger partial charge in [-0.2, -0.15) is 0 Å². The molecule has 2 N–H and O–H groups in total. The van der Waals surface area contributed by atoms with Gasteiger partial charge in [-0.15, -0.1) is 12.4 Å². The first-order chi connectivity index (χ1) is 5.40. The zero-order valence-corrected chi connectivity index (χ0v) is 7.43. The second kappa shape index (κ2) is 3.94. The molecule has 4 heteroatoms. The molecule has 2 heterocycles. The minimum absolute atomic E-state index is 0. The maximum absolute atomic E-state index is 8.71. The molecular formula is C8H12ClNO2. The van der Waals surface area contributed by atoms with Crippen molar-refractivity contribution in [3.05, 3.63) is 23.7 Å². The molecule has 1 fully saturated rings. The molecule has 0 unspecified atom stereocenters. The van der Waals surface area contributed by atoms with Crippen molar-refractivity contribution < 1.29 is 9.52 Å². The Hall–Kier alpha value is -0.510. The molecule has 1 aliphatic heterocycles. The number of rotatable bonds is 2. The van der Waals surface area contributed by atoms with Crippen LogP contribution in [0, 0.1) is 0 Å². The number of hydrogen-bond donors (Lipinski definition) is 2. The van der Waals surface area contributed by atoms with E-state index < -0.39 is 0 Å². The predicted molar refractivity (Wildman–Crippen MR) is 47.2 cm³/mol. The molecular weight excluding hydrogens is 178 g/mol. The van der Waals surface area contributed by atoms with Gasteiger partial charge in [0.2, 0.25) is 0 Å². The van der Waals surface area contributed by atoms with E-state index in [2.05, 4.69) is 5.32 Å². The van der Waals surface area contributed by atoms with E-state index in [0.29, 0.717) is 11.8 Å². The standard InChI is InChI=1S/C8H11NO2.ClH/c10-5-6-1-2-8(11-6)7-3-4-9-7;/h1-2,7,9-10H,3-5H2;1H/t7-;/m0./s1. The maximum atomic E-state index is 8.71. The zero-order chi connectivity index (χ0) is 7.68. The average Bonchev–Trinajstić information content (AvgIpc) is 2.32. The normalized spacial score (nSPS) is 21.2. The second-order valence-corrected chi connectivity index (χ2v) is 2.76. The Balaban J connectivity index is 0.000000720. The third-order valence-corrected chi connectivity index (χ3v) is 2.01. The molecule has 1 atom stereocenters. The van der Waals surface area contributed by atoms with Gasteiger partial charge in [0.15, 0.2) is 0 Å². The number of hydrogen-bond acceptors (Lipinski definition) is 3. The summed E-state index contributed by atoms with van der Waals surface area (Å²) in [4.78, 5) is 0. The minimum atomic E-state index is -0.00722. The van der Waals surface area contributed by atoms with Crippen LogP contribution in [0.2, 0.25) is 0 Å². The lowest BCUT2D eigenvalue weighted by atomic mass is 10.1. The number of aliphatic hydroxyl groups is 1. The van der Waals surface area contributed by atoms with Crippen LogP contribution in [0.5, 0.6) is 0 Å². The first-order valence-corrected chi connectivity index (χ1v) is 3.83. The van der Waals surface area contributed by atoms with Crippen LogP contribution in [0.25, 0.3) is 0 Å². The summed E-state index contributed by atoms with van der Waals surface area (Å²) in [6.45, 7) is 1.06. The van der Waals surface area contributed by atoms with E-state index >= 15 is 0 Å². The molecule has 0 aliphatic carbocycles. The summed E-state index contributed by atoms with van der Waals surface area (Å²) in [6.07, 6.45) is 1.14. The van der Waals surface area contributed by atoms with E-state index in [1.165, 1.54) is 0 Å². The highest BCUT2D eigenvalue weighted by molar-refractivity contribution is 5.85. The fraction of sp³-hybridized carbons (Fsp3) is 0.500. The van der Waals surface area contributed by atoms with Crippen LogP contribution >= 0.6 is 12.4 Å². The molecule has 0 radical (unpaired) electrons. The lowest BCUT2D eigenvalue weighted by Gasteiger charge is -2.25. The molecule has 1 saturated heterocycles. The number of furan rings is 1. The highest BCUT2D eigenvalue weighted by Crippen LogP contribution is 2.24. The Morgan fingerprint density at radius 3 is 2.75 bits per heavy atom. The van der Waals surface area contributed by atoms with Crippen LogP contribution in [0.15, 0.2) is 16.5 Å². The highest BCUT2D eigenvalue weighted by atomic mass is 35.5. The first kappa shape index (κ1) is 9.58. The molecule has 0 spiro atoms. The van der Waals surface area contributed by atoms with Gasteiger partial charge in [-0.25, -0.2) is 0 Å². The van der Waals surface area contributed by atoms with Crippen molar-refractivity contribution in [3.63, 3.8) is 0 Å². The third-order valence-electron chi connectivity index (χ3n) is 2.01. The largest absolute Gasteiger partial charge is 0.462 e. The Bertz CT molecular complexity index is 245. The Morgan fingerprint density at radius 2 is 2.33 bits per heavy atom. The summed E-state index contributed by atoms with van der Waals surface area (Å²) in [5, 5.41) is 11.9. The summed E-state index contributed by atoms with van der Waals surface area (Å²) < 4.78 is 5.32. The highest BCUT2D eigenvalue weighted by Gasteiger charge is 2.21. The number of aliphatic hydroxyl groups excluding tert-OH is 1. The second-order valence-electron chi connectivity index (χ2n) is 2.76. The molecule has 1 aromatic rings. The van der Waals surface area contributed by atoms with E-state index in [1.54, 1.807) is 0 Å². The molecule has 1 aliphatic rings. The lowest BCUT2D eigenvalue weighted by molar-refractivity contribution is 0.231. The molecule has 0 saturated carbocycles. The number of halogens is 1. The van der Waals surface area contributed by atoms with E-state index in [0.717, 1.165) is 18.7 Å². The fourth-order valence-corrected chi connectivity index (χ4v) is 1.20. The fourth-order valence-electron chi connectivity index (χ4n) is 1.20. The molecule has 12 heavy (non-hydrogen) atoms. The molecule has 0 aromatic carbocycles. The van der Waals surface area contributed by atoms with Crippen molar-refractivity contribution in [1.29, 1.82) is 0 Å². The van der Waals surface area contributed by atoms with Crippen molar-refractivity contribution >= 4 is 12.4 Å². The zero-order valence-electron chi connectivity index (χ0n) is 6.62. The van der Waals surface area contributed by atoms with Gasteiger partial charge in [-0.1, -0.05) is 0 Å². The van der Waals surface area contributed by atoms with Gasteiger partial charge in [-0.3, -0.25) is 0 Å². The monoisotopic (exact) mass is 189 g/mol. The quantitative estimate of drug-likeness (QED) is 0.736. The van der Waals surface area contributed by atoms with Crippen LogP contribution < -0.4 is 5.32 Å². The molecule has 0 amide bonds. The van der Waals surface area contributed by atoms with E-state index in [4.69, 9.17) is 9.52 Å². The summed E-state index contributed by atoms with van der Waals surface area (Å²) in [7, 11) is 0. The third kappa shape index (κ3) is 1.63. The van der Waals surface area contributed by atoms with Crippen molar-refractivity contribution in [3.8, 4) is 0 Å². The predicted octanol–water partition coefficient (Wildman–Crippen LogP) is 1.23. The van der Waals surface area contributed by atoms with Crippen molar-refractivity contribution in [2.75, 3.05) is 6.54 Å². The molecule has 68 valence electrons. The summed E-state index contributed by atoms with van der Waals surface area (Å²) in [5.41, 5.74) is 0. The Kier molecular flexibility index (Phi) is 3.14. The average molecular weight is 190 g/mol. The maximum Gasteiger partial charge on any atom is 0.129 e. The van der Waals surface area contributed by atoms with Gasteiger partial charge < -0.3 is 14.8 Å². The van der Waals surface area contributed by atoms with Gasteiger partial charge in [-0.05, 0) is 25.1 Å². The lowest BCUT2D eigenvalue weighted by Crippen LogP contribution is -2.34. The van der Waals surface area contributed by atoms with Crippen LogP contribution in [-0.4, -0.2) is 11.7 Å². The van der Waals surface area contributed by atoms with Gasteiger partial charge >= 0.3 is 0 Å². The summed E-state index contributed by atoms with van der Waals surface area (Å²) in [6, 6.07) is 4.12. The topological polar surface area (TPSA) is 45.4 Å². The molecule has 0 bridgehead atoms. The van der Waals surface area contributed by atoms with Crippen LogP contribution in [0.3, 0.4) is 0 Å². The van der Waals surface area contributed by atoms with Gasteiger partial charge in [0.05, 0.1) is 6.04 Å². The van der Waals surface area contributed by atoms with Crippen LogP contribution in [0.4, 0.5) is 0 Å². The van der Waals surface area contributed by atoms with Crippen LogP contribution in [0.1, 0.15) is 24.0 Å². The van der Waals surface area contributed by atoms with Crippen LogP contribution in [-0.2, 0) is 6.61 Å². The molecule has 1 aromatic heterocycles. The summed E-state index contributed by atoms with van der Waals surface area (Å²) >= 11 is 0. The first-order valence-electron chi connectivity index (χ1n) is 3.83. The van der Waals surface area contributed by atoms with Gasteiger partial charge in [0, 0.05) is 0 Å². The van der Waals surface area contributed by atoms with E-state index in [-0.39, 0.29) is 19.0 Å².